The second-order valence-corrected chi connectivity index (χ2v) is 14.0. The van der Waals surface area contributed by atoms with Crippen molar-refractivity contribution in [2.45, 2.75) is 109 Å². The van der Waals surface area contributed by atoms with Crippen LogP contribution < -0.4 is 5.32 Å². The van der Waals surface area contributed by atoms with E-state index in [1.165, 1.54) is 11.8 Å². The second kappa shape index (κ2) is 10.6. The van der Waals surface area contributed by atoms with E-state index in [1.807, 2.05) is 6.92 Å². The number of Topliss-reactive ketones (excluding diaryl/α,β-unsaturated/α-hetero) is 1. The van der Waals surface area contributed by atoms with Gasteiger partial charge in [-0.25, -0.2) is 0 Å². The third-order valence-electron chi connectivity index (χ3n) is 11.1. The maximum atomic E-state index is 13.5. The molecule has 4 aliphatic carbocycles. The molecular weight excluding hydrogens is 490 g/mol. The van der Waals surface area contributed by atoms with Gasteiger partial charge in [0.15, 0.2) is 0 Å². The van der Waals surface area contributed by atoms with Crippen LogP contribution in [0, 0.1) is 34.0 Å². The van der Waals surface area contributed by atoms with Gasteiger partial charge in [0.2, 0.25) is 6.41 Å². The van der Waals surface area contributed by atoms with E-state index in [1.54, 1.807) is 6.08 Å². The van der Waals surface area contributed by atoms with E-state index >= 15 is 0 Å². The fourth-order valence-electron chi connectivity index (χ4n) is 8.41. The van der Waals surface area contributed by atoms with Gasteiger partial charge in [0.1, 0.15) is 11.9 Å². The van der Waals surface area contributed by atoms with Crippen molar-refractivity contribution in [3.8, 4) is 0 Å². The van der Waals surface area contributed by atoms with Crippen LogP contribution in [0.25, 0.3) is 0 Å². The van der Waals surface area contributed by atoms with Gasteiger partial charge in [-0.1, -0.05) is 33.8 Å². The molecule has 8 heteroatoms. The van der Waals surface area contributed by atoms with E-state index in [-0.39, 0.29) is 52.0 Å². The molecule has 0 saturated heterocycles. The number of esters is 1. The van der Waals surface area contributed by atoms with E-state index in [0.29, 0.717) is 32.1 Å². The molecule has 2 unspecified atom stereocenters. The Morgan fingerprint density at radius 1 is 1.22 bits per heavy atom. The third kappa shape index (κ3) is 4.80. The number of ketones is 1. The Bertz CT molecular complexity index is 913. The van der Waals surface area contributed by atoms with Crippen LogP contribution in [0.5, 0.6) is 0 Å². The molecule has 4 aliphatic rings. The number of carbonyl (C=O) groups excluding carboxylic acids is 3. The maximum Gasteiger partial charge on any atom is 0.316 e. The molecule has 208 valence electrons. The summed E-state index contributed by atoms with van der Waals surface area (Å²) in [5.41, 5.74) is -1.49. The Balaban J connectivity index is 1.59. The SMILES string of the molecule is C=C[C@]1(C)C[C@@H](OC(=O)CS[C@@H]2C[C@H](NC=O)CC[C@H]2O)[C@]2(C)C(C)CCC3(CCC(=O)[C@H]32)[C@@H](C)[C@@H]1O. The summed E-state index contributed by atoms with van der Waals surface area (Å²) in [7, 11) is 0. The number of ether oxygens (including phenoxy) is 1. The first kappa shape index (κ1) is 28.6. The van der Waals surface area contributed by atoms with Crippen LogP contribution in [0.15, 0.2) is 12.7 Å². The van der Waals surface area contributed by atoms with Gasteiger partial charge in [0.05, 0.1) is 18.0 Å². The number of amides is 1. The molecule has 0 aromatic heterocycles. The van der Waals surface area contributed by atoms with Gasteiger partial charge in [0, 0.05) is 34.5 Å². The summed E-state index contributed by atoms with van der Waals surface area (Å²) >= 11 is 1.37. The summed E-state index contributed by atoms with van der Waals surface area (Å²) in [5.74, 6) is -0.161. The normalized spacial score (nSPS) is 47.8. The van der Waals surface area contributed by atoms with E-state index in [0.717, 1.165) is 25.7 Å². The number of rotatable bonds is 7. The van der Waals surface area contributed by atoms with Gasteiger partial charge in [-0.3, -0.25) is 14.4 Å². The number of carbonyl (C=O) groups is 3. The summed E-state index contributed by atoms with van der Waals surface area (Å²) in [6.45, 7) is 12.5. The van der Waals surface area contributed by atoms with Crippen LogP contribution in [0.4, 0.5) is 0 Å². The molecule has 0 aromatic carbocycles. The standard InChI is InChI=1S/C29H45NO6S/c1-6-27(4)14-23(36-24(34)15-37-22-13-19(30-16-31)7-8-20(22)32)28(5)17(2)9-11-29(18(3)26(27)35)12-10-21(33)25(28)29/h6,16-20,22-23,25-26,32,35H,1,7-15H2,2-5H3,(H,30,31)/t17?,18-,19+,20+,22+,23+,25-,26-,27+,28-,29?/m0/s1. The highest BCUT2D eigenvalue weighted by Crippen LogP contribution is 2.68. The van der Waals surface area contributed by atoms with E-state index in [9.17, 15) is 24.6 Å². The lowest BCUT2D eigenvalue weighted by molar-refractivity contribution is -0.205. The van der Waals surface area contributed by atoms with Crippen LogP contribution in [0.1, 0.15) is 79.1 Å². The molecule has 2 bridgehead atoms. The Labute approximate surface area is 225 Å². The summed E-state index contributed by atoms with van der Waals surface area (Å²) in [6.07, 6.45) is 6.18. The fraction of sp³-hybridized carbons (Fsp3) is 0.828. The molecule has 11 atom stereocenters. The molecular formula is C29H45NO6S. The largest absolute Gasteiger partial charge is 0.461 e. The molecule has 0 aromatic rings. The summed E-state index contributed by atoms with van der Waals surface area (Å²) in [5, 5.41) is 24.7. The maximum absolute atomic E-state index is 13.5. The number of thioether (sulfide) groups is 1. The van der Waals surface area contributed by atoms with Crippen molar-refractivity contribution in [1.82, 2.24) is 5.32 Å². The summed E-state index contributed by atoms with van der Waals surface area (Å²) in [4.78, 5) is 37.7. The van der Waals surface area contributed by atoms with E-state index in [4.69, 9.17) is 4.74 Å². The van der Waals surface area contributed by atoms with Crippen LogP contribution in [-0.2, 0) is 19.1 Å². The zero-order valence-electron chi connectivity index (χ0n) is 22.8. The number of aliphatic hydroxyl groups excluding tert-OH is 2. The molecule has 7 nitrogen and oxygen atoms in total. The Morgan fingerprint density at radius 2 is 1.95 bits per heavy atom. The van der Waals surface area contributed by atoms with Crippen molar-refractivity contribution >= 4 is 29.9 Å². The van der Waals surface area contributed by atoms with Gasteiger partial charge in [0.25, 0.3) is 0 Å². The minimum atomic E-state index is -0.688. The average Bonchev–Trinajstić information content (AvgIpc) is 3.23. The van der Waals surface area contributed by atoms with Gasteiger partial charge in [-0.2, -0.15) is 0 Å². The molecule has 0 aliphatic heterocycles. The highest BCUT2D eigenvalue weighted by Gasteiger charge is 2.68. The average molecular weight is 536 g/mol. The zero-order chi connectivity index (χ0) is 27.2. The molecule has 0 radical (unpaired) electrons. The van der Waals surface area contributed by atoms with Crippen molar-refractivity contribution < 1.29 is 29.3 Å². The molecule has 4 fully saturated rings. The molecule has 4 saturated carbocycles. The summed E-state index contributed by atoms with van der Waals surface area (Å²) in [6, 6.07) is 0.000283. The number of hydrogen-bond acceptors (Lipinski definition) is 7. The van der Waals surface area contributed by atoms with E-state index in [2.05, 4.69) is 32.7 Å². The van der Waals surface area contributed by atoms with Gasteiger partial charge >= 0.3 is 5.97 Å². The molecule has 1 amide bonds. The van der Waals surface area contributed by atoms with Crippen molar-refractivity contribution in [3.05, 3.63) is 12.7 Å². The Kier molecular flexibility index (Phi) is 8.24. The number of aliphatic hydroxyl groups is 2. The Hall–Kier alpha value is -1.38. The lowest BCUT2D eigenvalue weighted by Gasteiger charge is -2.61. The van der Waals surface area contributed by atoms with Crippen LogP contribution >= 0.6 is 11.8 Å². The molecule has 4 rings (SSSR count). The van der Waals surface area contributed by atoms with Gasteiger partial charge in [-0.15, -0.1) is 18.3 Å². The third-order valence-corrected chi connectivity index (χ3v) is 12.4. The van der Waals surface area contributed by atoms with Crippen molar-refractivity contribution in [1.29, 1.82) is 0 Å². The van der Waals surface area contributed by atoms with Crippen LogP contribution in [0.3, 0.4) is 0 Å². The van der Waals surface area contributed by atoms with Crippen molar-refractivity contribution in [2.75, 3.05) is 5.75 Å². The monoisotopic (exact) mass is 535 g/mol. The first-order chi connectivity index (χ1) is 17.4. The van der Waals surface area contributed by atoms with Crippen molar-refractivity contribution in [3.63, 3.8) is 0 Å². The van der Waals surface area contributed by atoms with Gasteiger partial charge in [-0.05, 0) is 62.2 Å². The highest BCUT2D eigenvalue weighted by atomic mass is 32.2. The minimum Gasteiger partial charge on any atom is -0.461 e. The lowest BCUT2D eigenvalue weighted by Crippen LogP contribution is -2.63. The quantitative estimate of drug-likeness (QED) is 0.259. The number of hydrogen-bond donors (Lipinski definition) is 3. The first-order valence-corrected chi connectivity index (χ1v) is 15.0. The minimum absolute atomic E-state index is 0.000283. The predicted molar refractivity (Wildman–Crippen MR) is 144 cm³/mol. The Morgan fingerprint density at radius 3 is 2.62 bits per heavy atom. The molecule has 37 heavy (non-hydrogen) atoms. The molecule has 3 N–H and O–H groups in total. The highest BCUT2D eigenvalue weighted by molar-refractivity contribution is 8.00. The first-order valence-electron chi connectivity index (χ1n) is 14.0. The fourth-order valence-corrected chi connectivity index (χ4v) is 9.55. The predicted octanol–water partition coefficient (Wildman–Crippen LogP) is 3.65. The number of nitrogens with one attached hydrogen (secondary N) is 1. The lowest BCUT2D eigenvalue weighted by atomic mass is 9.44. The smallest absolute Gasteiger partial charge is 0.316 e. The summed E-state index contributed by atoms with van der Waals surface area (Å²) < 4.78 is 6.30. The molecule has 0 heterocycles. The zero-order valence-corrected chi connectivity index (χ0v) is 23.6. The van der Waals surface area contributed by atoms with Crippen LogP contribution in [-0.4, -0.2) is 63.7 Å². The van der Waals surface area contributed by atoms with Crippen molar-refractivity contribution in [2.24, 2.45) is 34.0 Å². The molecule has 0 spiro atoms. The van der Waals surface area contributed by atoms with E-state index < -0.39 is 29.1 Å². The van der Waals surface area contributed by atoms with Gasteiger partial charge < -0.3 is 20.3 Å². The second-order valence-electron chi connectivity index (χ2n) is 12.8. The topological polar surface area (TPSA) is 113 Å². The van der Waals surface area contributed by atoms with Crippen LogP contribution in [0.2, 0.25) is 0 Å².